The minimum Gasteiger partial charge on any atom is -0.301 e. The predicted molar refractivity (Wildman–Crippen MR) is 40.0 cm³/mol. The van der Waals surface area contributed by atoms with E-state index in [1.807, 2.05) is 0 Å². The molecule has 3 atom stereocenters. The Morgan fingerprint density at radius 3 is 2.70 bits per heavy atom. The van der Waals surface area contributed by atoms with Crippen LogP contribution in [0.3, 0.4) is 0 Å². The number of fused-ring (bicyclic) bond motifs is 2. The van der Waals surface area contributed by atoms with Gasteiger partial charge in [0.1, 0.15) is 11.2 Å². The van der Waals surface area contributed by atoms with Crippen molar-refractivity contribution in [2.45, 2.75) is 17.7 Å². The van der Waals surface area contributed by atoms with Gasteiger partial charge in [-0.25, -0.2) is 0 Å². The van der Waals surface area contributed by atoms with E-state index in [0.717, 1.165) is 19.1 Å². The lowest BCUT2D eigenvalue weighted by Gasteiger charge is -2.20. The summed E-state index contributed by atoms with van der Waals surface area (Å²) in [5, 5.41) is 0. The highest BCUT2D eigenvalue weighted by atomic mass is 35.5. The first-order valence-corrected chi connectivity index (χ1v) is 3.96. The summed E-state index contributed by atoms with van der Waals surface area (Å²) in [6.45, 7) is 0. The first-order chi connectivity index (χ1) is 4.74. The van der Waals surface area contributed by atoms with Gasteiger partial charge < -0.3 is 4.79 Å². The Morgan fingerprint density at radius 1 is 1.60 bits per heavy atom. The summed E-state index contributed by atoms with van der Waals surface area (Å²) in [6, 6.07) is 0. The molecule has 1 fully saturated rings. The van der Waals surface area contributed by atoms with Gasteiger partial charge in [0.2, 0.25) is 0 Å². The van der Waals surface area contributed by atoms with E-state index in [0.29, 0.717) is 11.8 Å². The van der Waals surface area contributed by atoms with Gasteiger partial charge in [-0.2, -0.15) is 0 Å². The van der Waals surface area contributed by atoms with Crippen molar-refractivity contribution in [3.63, 3.8) is 0 Å². The minimum absolute atomic E-state index is 0.316. The lowest BCUT2D eigenvalue weighted by molar-refractivity contribution is -0.110. The molecule has 1 saturated carbocycles. The molecule has 54 valence electrons. The van der Waals surface area contributed by atoms with Gasteiger partial charge in [0, 0.05) is 5.92 Å². The van der Waals surface area contributed by atoms with E-state index in [1.165, 1.54) is 0 Å². The van der Waals surface area contributed by atoms with Crippen LogP contribution in [0.5, 0.6) is 0 Å². The van der Waals surface area contributed by atoms with E-state index in [-0.39, 0.29) is 0 Å². The third-order valence-corrected chi connectivity index (χ3v) is 3.08. The molecule has 0 N–H and O–H groups in total. The van der Waals surface area contributed by atoms with Crippen LogP contribution in [0.1, 0.15) is 12.8 Å². The Morgan fingerprint density at radius 2 is 2.40 bits per heavy atom. The van der Waals surface area contributed by atoms with Gasteiger partial charge in [-0.1, -0.05) is 12.2 Å². The number of hydrogen-bond acceptors (Lipinski definition) is 1. The molecule has 1 nitrogen and oxygen atoms in total. The molecule has 2 aliphatic carbocycles. The Labute approximate surface area is 65.1 Å². The summed E-state index contributed by atoms with van der Waals surface area (Å²) >= 11 is 6.03. The molecule has 0 spiro atoms. The number of rotatable bonds is 1. The van der Waals surface area contributed by atoms with Crippen molar-refractivity contribution in [1.82, 2.24) is 0 Å². The maximum atomic E-state index is 10.6. The van der Waals surface area contributed by atoms with Crippen LogP contribution in [-0.2, 0) is 4.79 Å². The summed E-state index contributed by atoms with van der Waals surface area (Å²) in [5.74, 6) is 0.893. The molecule has 0 heterocycles. The largest absolute Gasteiger partial charge is 0.301 e. The van der Waals surface area contributed by atoms with Crippen LogP contribution >= 0.6 is 11.6 Å². The molecule has 2 rings (SSSR count). The second kappa shape index (κ2) is 1.85. The van der Waals surface area contributed by atoms with Crippen molar-refractivity contribution in [2.24, 2.45) is 11.8 Å². The van der Waals surface area contributed by atoms with Crippen LogP contribution < -0.4 is 0 Å². The fourth-order valence-electron chi connectivity index (χ4n) is 1.97. The van der Waals surface area contributed by atoms with Crippen LogP contribution in [0.4, 0.5) is 0 Å². The van der Waals surface area contributed by atoms with Crippen molar-refractivity contribution < 1.29 is 4.79 Å². The molecular weight excluding hydrogens is 148 g/mol. The van der Waals surface area contributed by atoms with Gasteiger partial charge in [0.25, 0.3) is 0 Å². The van der Waals surface area contributed by atoms with Crippen LogP contribution in [-0.4, -0.2) is 11.2 Å². The molecule has 0 amide bonds. The van der Waals surface area contributed by atoms with Gasteiger partial charge in [-0.05, 0) is 18.8 Å². The van der Waals surface area contributed by atoms with Crippen molar-refractivity contribution in [3.05, 3.63) is 12.2 Å². The molecule has 3 unspecified atom stereocenters. The van der Waals surface area contributed by atoms with E-state index in [2.05, 4.69) is 12.2 Å². The van der Waals surface area contributed by atoms with E-state index < -0.39 is 4.87 Å². The van der Waals surface area contributed by atoms with Crippen molar-refractivity contribution in [2.75, 3.05) is 0 Å². The van der Waals surface area contributed by atoms with Crippen molar-refractivity contribution in [1.29, 1.82) is 0 Å². The van der Waals surface area contributed by atoms with Gasteiger partial charge in [-0.15, -0.1) is 11.6 Å². The maximum Gasteiger partial charge on any atom is 0.141 e. The molecule has 2 bridgehead atoms. The quantitative estimate of drug-likeness (QED) is 0.321. The number of aldehydes is 1. The molecule has 0 saturated heterocycles. The zero-order valence-corrected chi connectivity index (χ0v) is 6.34. The summed E-state index contributed by atoms with van der Waals surface area (Å²) in [4.78, 5) is 10.0. The molecule has 2 heteroatoms. The number of carbonyl (C=O) groups excluding carboxylic acids is 1. The Balaban J connectivity index is 2.30. The number of allylic oxidation sites excluding steroid dienone is 2. The summed E-state index contributed by atoms with van der Waals surface area (Å²) in [6.07, 6.45) is 7.09. The normalized spacial score (nSPS) is 50.1. The second-order valence-electron chi connectivity index (χ2n) is 3.24. The van der Waals surface area contributed by atoms with Gasteiger partial charge >= 0.3 is 0 Å². The molecule has 10 heavy (non-hydrogen) atoms. The highest BCUT2D eigenvalue weighted by molar-refractivity contribution is 6.32. The minimum atomic E-state index is -0.542. The van der Waals surface area contributed by atoms with Gasteiger partial charge in [0.05, 0.1) is 0 Å². The number of halogens is 1. The lowest BCUT2D eigenvalue weighted by Crippen LogP contribution is -2.28. The number of hydrogen-bond donors (Lipinski definition) is 0. The summed E-state index contributed by atoms with van der Waals surface area (Å²) < 4.78 is 0. The fourth-order valence-corrected chi connectivity index (χ4v) is 2.33. The molecule has 0 aromatic rings. The van der Waals surface area contributed by atoms with Crippen molar-refractivity contribution >= 4 is 17.9 Å². The van der Waals surface area contributed by atoms with Gasteiger partial charge in [-0.3, -0.25) is 0 Å². The zero-order valence-electron chi connectivity index (χ0n) is 5.59. The van der Waals surface area contributed by atoms with Crippen LogP contribution in [0.25, 0.3) is 0 Å². The first-order valence-electron chi connectivity index (χ1n) is 3.58. The Hall–Kier alpha value is -0.300. The number of carbonyl (C=O) groups is 1. The SMILES string of the molecule is O=CC1(Cl)CC2C=CC1C2. The monoisotopic (exact) mass is 156 g/mol. The molecular formula is C8H9ClO. The second-order valence-corrected chi connectivity index (χ2v) is 3.94. The zero-order chi connectivity index (χ0) is 7.19. The fraction of sp³-hybridized carbons (Fsp3) is 0.625. The topological polar surface area (TPSA) is 17.1 Å². The van der Waals surface area contributed by atoms with Gasteiger partial charge in [0.15, 0.2) is 0 Å². The van der Waals surface area contributed by atoms with Crippen molar-refractivity contribution in [3.8, 4) is 0 Å². The summed E-state index contributed by atoms with van der Waals surface area (Å²) in [5.41, 5.74) is 0. The third-order valence-electron chi connectivity index (χ3n) is 2.56. The first kappa shape index (κ1) is 6.41. The lowest BCUT2D eigenvalue weighted by atomic mass is 9.94. The smallest absolute Gasteiger partial charge is 0.141 e. The van der Waals surface area contributed by atoms with Crippen LogP contribution in [0.2, 0.25) is 0 Å². The summed E-state index contributed by atoms with van der Waals surface area (Å²) in [7, 11) is 0. The Kier molecular flexibility index (Phi) is 1.19. The predicted octanol–water partition coefficient (Wildman–Crippen LogP) is 1.76. The molecule has 0 aliphatic heterocycles. The molecule has 0 radical (unpaired) electrons. The number of alkyl halides is 1. The standard InChI is InChI=1S/C8H9ClO/c9-8(5-10)4-6-1-2-7(8)3-6/h1-2,5-7H,3-4H2. The third kappa shape index (κ3) is 0.671. The highest BCUT2D eigenvalue weighted by Crippen LogP contribution is 2.48. The van der Waals surface area contributed by atoms with E-state index in [4.69, 9.17) is 11.6 Å². The average Bonchev–Trinajstić information content (AvgIpc) is 2.46. The van der Waals surface area contributed by atoms with E-state index in [1.54, 1.807) is 0 Å². The maximum absolute atomic E-state index is 10.6. The highest BCUT2D eigenvalue weighted by Gasteiger charge is 2.46. The molecule has 2 aliphatic rings. The van der Waals surface area contributed by atoms with Crippen LogP contribution in [0, 0.1) is 11.8 Å². The molecule has 0 aromatic carbocycles. The average molecular weight is 157 g/mol. The molecule has 0 aromatic heterocycles. The van der Waals surface area contributed by atoms with E-state index >= 15 is 0 Å². The van der Waals surface area contributed by atoms with Crippen LogP contribution in [0.15, 0.2) is 12.2 Å². The van der Waals surface area contributed by atoms with E-state index in [9.17, 15) is 4.79 Å². The Bertz CT molecular complexity index is 199.